The maximum atomic E-state index is 11.3. The van der Waals surface area contributed by atoms with Crippen LogP contribution in [0.2, 0.25) is 5.02 Å². The van der Waals surface area contributed by atoms with Gasteiger partial charge in [-0.2, -0.15) is 0 Å². The summed E-state index contributed by atoms with van der Waals surface area (Å²) in [6.07, 6.45) is 0.866. The topological polar surface area (TPSA) is 49.3 Å². The first-order chi connectivity index (χ1) is 8.40. The summed E-state index contributed by atoms with van der Waals surface area (Å²) in [6.45, 7) is 6.14. The van der Waals surface area contributed by atoms with Gasteiger partial charge in [0, 0.05) is 10.7 Å². The molecule has 4 heteroatoms. The minimum absolute atomic E-state index is 0.0569. The fourth-order valence-corrected chi connectivity index (χ4v) is 2.28. The minimum Gasteiger partial charge on any atom is -0.480 e. The van der Waals surface area contributed by atoms with Crippen LogP contribution >= 0.6 is 11.6 Å². The van der Waals surface area contributed by atoms with Gasteiger partial charge in [-0.25, -0.2) is 4.79 Å². The molecule has 1 aromatic carbocycles. The quantitative estimate of drug-likeness (QED) is 0.824. The summed E-state index contributed by atoms with van der Waals surface area (Å²) in [7, 11) is 0. The Morgan fingerprint density at radius 2 is 2.06 bits per heavy atom. The fraction of sp³-hybridized carbons (Fsp3) is 0.500. The molecule has 0 aliphatic heterocycles. The Morgan fingerprint density at radius 1 is 1.39 bits per heavy atom. The Morgan fingerprint density at radius 3 is 2.56 bits per heavy atom. The lowest BCUT2D eigenvalue weighted by molar-refractivity contribution is -0.139. The molecule has 0 aliphatic rings. The van der Waals surface area contributed by atoms with Gasteiger partial charge >= 0.3 is 5.97 Å². The summed E-state index contributed by atoms with van der Waals surface area (Å²) < 4.78 is 0. The maximum Gasteiger partial charge on any atom is 0.326 e. The zero-order valence-electron chi connectivity index (χ0n) is 11.0. The Labute approximate surface area is 113 Å². The van der Waals surface area contributed by atoms with Crippen molar-refractivity contribution < 1.29 is 9.90 Å². The van der Waals surface area contributed by atoms with E-state index in [1.165, 1.54) is 0 Å². The first-order valence-corrected chi connectivity index (χ1v) is 6.53. The highest BCUT2D eigenvalue weighted by molar-refractivity contribution is 6.30. The molecular weight excluding hydrogens is 250 g/mol. The number of anilines is 1. The Kier molecular flexibility index (Phi) is 5.48. The van der Waals surface area contributed by atoms with Gasteiger partial charge in [0.05, 0.1) is 0 Å². The highest BCUT2D eigenvalue weighted by Crippen LogP contribution is 2.21. The molecule has 0 amide bonds. The Hall–Kier alpha value is -1.22. The molecule has 1 aromatic rings. The van der Waals surface area contributed by atoms with E-state index < -0.39 is 12.0 Å². The monoisotopic (exact) mass is 269 g/mol. The van der Waals surface area contributed by atoms with Crippen molar-refractivity contribution in [3.63, 3.8) is 0 Å². The number of aliphatic carboxylic acids is 1. The predicted octanol–water partition coefficient (Wildman–Crippen LogP) is 3.89. The molecule has 0 bridgehead atoms. The lowest BCUT2D eigenvalue weighted by atomic mass is 9.92. The number of carboxylic acid groups (broad SMARTS) is 1. The van der Waals surface area contributed by atoms with Crippen LogP contribution in [0.5, 0.6) is 0 Å². The van der Waals surface area contributed by atoms with Crippen LogP contribution in [0, 0.1) is 11.8 Å². The van der Waals surface area contributed by atoms with E-state index in [4.69, 9.17) is 11.6 Å². The van der Waals surface area contributed by atoms with E-state index >= 15 is 0 Å². The van der Waals surface area contributed by atoms with Crippen molar-refractivity contribution in [3.8, 4) is 0 Å². The number of rotatable bonds is 6. The molecular formula is C14H20ClNO2. The van der Waals surface area contributed by atoms with Gasteiger partial charge in [0.25, 0.3) is 0 Å². The number of halogens is 1. The first kappa shape index (κ1) is 14.8. The number of hydrogen-bond donors (Lipinski definition) is 2. The second-order valence-corrected chi connectivity index (χ2v) is 5.51. The molecule has 2 atom stereocenters. The average Bonchev–Trinajstić information content (AvgIpc) is 2.24. The minimum atomic E-state index is -0.830. The van der Waals surface area contributed by atoms with Crippen molar-refractivity contribution in [3.05, 3.63) is 29.3 Å². The van der Waals surface area contributed by atoms with Gasteiger partial charge in [-0.3, -0.25) is 0 Å². The highest BCUT2D eigenvalue weighted by Gasteiger charge is 2.25. The third-order valence-corrected chi connectivity index (χ3v) is 3.06. The second kappa shape index (κ2) is 6.64. The van der Waals surface area contributed by atoms with Crippen LogP contribution in [0.3, 0.4) is 0 Å². The third kappa shape index (κ3) is 4.57. The molecule has 2 N–H and O–H groups in total. The molecule has 0 fully saturated rings. The Bertz CT molecular complexity index is 407. The van der Waals surface area contributed by atoms with Gasteiger partial charge in [0.1, 0.15) is 6.04 Å². The van der Waals surface area contributed by atoms with Crippen molar-refractivity contribution in [2.24, 2.45) is 11.8 Å². The van der Waals surface area contributed by atoms with Crippen molar-refractivity contribution in [1.82, 2.24) is 0 Å². The van der Waals surface area contributed by atoms with Crippen LogP contribution in [0.1, 0.15) is 27.2 Å². The van der Waals surface area contributed by atoms with Crippen LogP contribution in [0.4, 0.5) is 5.69 Å². The van der Waals surface area contributed by atoms with E-state index in [1.54, 1.807) is 18.2 Å². The molecule has 0 aliphatic carbocycles. The molecule has 0 spiro atoms. The van der Waals surface area contributed by atoms with E-state index in [9.17, 15) is 9.90 Å². The standard InChI is InChI=1S/C14H20ClNO2/c1-9(2)7-10(3)13(14(17)18)16-12-6-4-5-11(15)8-12/h4-6,8-10,13,16H,7H2,1-3H3,(H,17,18). The normalized spacial score (nSPS) is 14.3. The van der Waals surface area contributed by atoms with E-state index in [-0.39, 0.29) is 5.92 Å². The van der Waals surface area contributed by atoms with E-state index in [0.717, 1.165) is 12.1 Å². The van der Waals surface area contributed by atoms with E-state index in [2.05, 4.69) is 19.2 Å². The summed E-state index contributed by atoms with van der Waals surface area (Å²) in [6, 6.07) is 6.53. The van der Waals surface area contributed by atoms with Gasteiger partial charge in [-0.15, -0.1) is 0 Å². The van der Waals surface area contributed by atoms with Crippen molar-refractivity contribution >= 4 is 23.3 Å². The molecule has 0 radical (unpaired) electrons. The van der Waals surface area contributed by atoms with Crippen molar-refractivity contribution in [2.45, 2.75) is 33.2 Å². The second-order valence-electron chi connectivity index (χ2n) is 5.08. The van der Waals surface area contributed by atoms with Gasteiger partial charge < -0.3 is 10.4 Å². The number of hydrogen-bond acceptors (Lipinski definition) is 2. The maximum absolute atomic E-state index is 11.3. The molecule has 18 heavy (non-hydrogen) atoms. The molecule has 0 heterocycles. The number of nitrogens with one attached hydrogen (secondary N) is 1. The van der Waals surface area contributed by atoms with Crippen molar-refractivity contribution in [2.75, 3.05) is 5.32 Å². The number of benzene rings is 1. The number of carboxylic acids is 1. The zero-order chi connectivity index (χ0) is 13.7. The summed E-state index contributed by atoms with van der Waals surface area (Å²) >= 11 is 5.88. The predicted molar refractivity (Wildman–Crippen MR) is 75.1 cm³/mol. The van der Waals surface area contributed by atoms with Gasteiger partial charge in [0.2, 0.25) is 0 Å². The van der Waals surface area contributed by atoms with Crippen LogP contribution in [-0.4, -0.2) is 17.1 Å². The smallest absolute Gasteiger partial charge is 0.326 e. The van der Waals surface area contributed by atoms with E-state index in [1.807, 2.05) is 13.0 Å². The zero-order valence-corrected chi connectivity index (χ0v) is 11.7. The van der Waals surface area contributed by atoms with Crippen molar-refractivity contribution in [1.29, 1.82) is 0 Å². The summed E-state index contributed by atoms with van der Waals surface area (Å²) in [5, 5.41) is 12.9. The summed E-state index contributed by atoms with van der Waals surface area (Å²) in [5.74, 6) is -0.299. The first-order valence-electron chi connectivity index (χ1n) is 6.15. The SMILES string of the molecule is CC(C)CC(C)C(Nc1cccc(Cl)c1)C(=O)O. The van der Waals surface area contributed by atoms with E-state index in [0.29, 0.717) is 10.9 Å². The molecule has 3 nitrogen and oxygen atoms in total. The molecule has 1 rings (SSSR count). The van der Waals surface area contributed by atoms with Crippen LogP contribution in [0.25, 0.3) is 0 Å². The largest absolute Gasteiger partial charge is 0.480 e. The molecule has 0 saturated heterocycles. The third-order valence-electron chi connectivity index (χ3n) is 2.83. The molecule has 2 unspecified atom stereocenters. The van der Waals surface area contributed by atoms with Gasteiger partial charge in [-0.05, 0) is 36.5 Å². The Balaban J connectivity index is 2.77. The summed E-state index contributed by atoms with van der Waals surface area (Å²) in [5.41, 5.74) is 0.741. The van der Waals surface area contributed by atoms with Crippen LogP contribution in [0.15, 0.2) is 24.3 Å². The lowest BCUT2D eigenvalue weighted by Crippen LogP contribution is -2.36. The highest BCUT2D eigenvalue weighted by atomic mass is 35.5. The van der Waals surface area contributed by atoms with Crippen LogP contribution in [-0.2, 0) is 4.79 Å². The molecule has 0 saturated carbocycles. The molecule has 100 valence electrons. The average molecular weight is 270 g/mol. The summed E-state index contributed by atoms with van der Waals surface area (Å²) in [4.78, 5) is 11.3. The lowest BCUT2D eigenvalue weighted by Gasteiger charge is -2.23. The number of carbonyl (C=O) groups is 1. The van der Waals surface area contributed by atoms with Gasteiger partial charge in [0.15, 0.2) is 0 Å². The molecule has 0 aromatic heterocycles. The van der Waals surface area contributed by atoms with Crippen LogP contribution < -0.4 is 5.32 Å². The van der Waals surface area contributed by atoms with Gasteiger partial charge in [-0.1, -0.05) is 38.4 Å². The fourth-order valence-electron chi connectivity index (χ4n) is 2.08.